The number of carbonyl (C=O) groups is 1. The van der Waals surface area contributed by atoms with Crippen LogP contribution in [-0.2, 0) is 12.8 Å². The van der Waals surface area contributed by atoms with Crippen LogP contribution < -0.4 is 10.1 Å². The summed E-state index contributed by atoms with van der Waals surface area (Å²) in [6.07, 6.45) is 1.70. The Morgan fingerprint density at radius 3 is 2.88 bits per heavy atom. The SMILES string of the molecule is C[C@H](Cc1ccc2c(c1)CCO2)NC(=O)c1cc(-c2ccccc2)on1. The number of carbonyl (C=O) groups excluding carboxylic acids is 1. The third kappa shape index (κ3) is 3.47. The van der Waals surface area contributed by atoms with Gasteiger partial charge in [0.05, 0.1) is 6.61 Å². The zero-order valence-corrected chi connectivity index (χ0v) is 14.6. The molecule has 0 saturated heterocycles. The van der Waals surface area contributed by atoms with Gasteiger partial charge in [-0.1, -0.05) is 47.6 Å². The van der Waals surface area contributed by atoms with Gasteiger partial charge in [0, 0.05) is 24.1 Å². The van der Waals surface area contributed by atoms with E-state index in [1.54, 1.807) is 6.07 Å². The standard InChI is InChI=1S/C21H20N2O3/c1-14(11-15-7-8-19-17(12-15)9-10-25-19)22-21(24)18-13-20(26-23-18)16-5-3-2-4-6-16/h2-8,12-14H,9-11H2,1H3,(H,22,24)/t14-/m1/s1. The fraction of sp³-hybridized carbons (Fsp3) is 0.238. The van der Waals surface area contributed by atoms with Crippen molar-refractivity contribution in [2.75, 3.05) is 6.61 Å². The second-order valence-electron chi connectivity index (χ2n) is 6.56. The summed E-state index contributed by atoms with van der Waals surface area (Å²) < 4.78 is 10.8. The minimum Gasteiger partial charge on any atom is -0.493 e. The lowest BCUT2D eigenvalue weighted by Gasteiger charge is -2.13. The van der Waals surface area contributed by atoms with Crippen molar-refractivity contribution in [1.82, 2.24) is 10.5 Å². The molecule has 26 heavy (non-hydrogen) atoms. The highest BCUT2D eigenvalue weighted by Crippen LogP contribution is 2.26. The van der Waals surface area contributed by atoms with E-state index in [1.165, 1.54) is 11.1 Å². The third-order valence-corrected chi connectivity index (χ3v) is 4.47. The number of rotatable bonds is 5. The molecular weight excluding hydrogens is 328 g/mol. The van der Waals surface area contributed by atoms with Crippen molar-refractivity contribution in [2.45, 2.75) is 25.8 Å². The number of nitrogens with zero attached hydrogens (tertiary/aromatic N) is 1. The fourth-order valence-corrected chi connectivity index (χ4v) is 3.19. The minimum absolute atomic E-state index is 0.0141. The van der Waals surface area contributed by atoms with Crippen molar-refractivity contribution in [1.29, 1.82) is 0 Å². The maximum atomic E-state index is 12.4. The minimum atomic E-state index is -0.229. The molecule has 0 unspecified atom stereocenters. The number of hydrogen-bond donors (Lipinski definition) is 1. The largest absolute Gasteiger partial charge is 0.493 e. The lowest BCUT2D eigenvalue weighted by Crippen LogP contribution is -2.34. The Balaban J connectivity index is 1.39. The van der Waals surface area contributed by atoms with Crippen molar-refractivity contribution in [3.8, 4) is 17.1 Å². The van der Waals surface area contributed by atoms with Gasteiger partial charge in [0.25, 0.3) is 5.91 Å². The van der Waals surface area contributed by atoms with Gasteiger partial charge in [-0.3, -0.25) is 4.79 Å². The predicted octanol–water partition coefficient (Wildman–Crippen LogP) is 3.64. The second-order valence-corrected chi connectivity index (χ2v) is 6.56. The van der Waals surface area contributed by atoms with Crippen LogP contribution in [0.15, 0.2) is 59.1 Å². The molecule has 0 spiro atoms. The topological polar surface area (TPSA) is 64.4 Å². The molecule has 1 aliphatic heterocycles. The fourth-order valence-electron chi connectivity index (χ4n) is 3.19. The van der Waals surface area contributed by atoms with Crippen LogP contribution in [0.3, 0.4) is 0 Å². The molecule has 4 rings (SSSR count). The number of nitrogens with one attached hydrogen (secondary N) is 1. The van der Waals surface area contributed by atoms with E-state index in [-0.39, 0.29) is 17.6 Å². The quantitative estimate of drug-likeness (QED) is 0.765. The molecule has 1 atom stereocenters. The average molecular weight is 348 g/mol. The molecule has 0 aliphatic carbocycles. The normalized spacial score (nSPS) is 13.7. The van der Waals surface area contributed by atoms with Crippen LogP contribution in [0.1, 0.15) is 28.5 Å². The number of fused-ring (bicyclic) bond motifs is 1. The Morgan fingerprint density at radius 1 is 1.19 bits per heavy atom. The first-order valence-corrected chi connectivity index (χ1v) is 8.76. The highest BCUT2D eigenvalue weighted by Gasteiger charge is 2.17. The molecule has 0 radical (unpaired) electrons. The van der Waals surface area contributed by atoms with Crippen molar-refractivity contribution in [3.63, 3.8) is 0 Å². The molecule has 1 aliphatic rings. The maximum absolute atomic E-state index is 12.4. The molecule has 1 amide bonds. The molecule has 1 aromatic heterocycles. The van der Waals surface area contributed by atoms with Crippen molar-refractivity contribution < 1.29 is 14.1 Å². The first-order chi connectivity index (χ1) is 12.7. The first kappa shape index (κ1) is 16.4. The van der Waals surface area contributed by atoms with Gasteiger partial charge in [-0.05, 0) is 30.5 Å². The lowest BCUT2D eigenvalue weighted by atomic mass is 10.0. The van der Waals surface area contributed by atoms with Gasteiger partial charge < -0.3 is 14.6 Å². The molecule has 2 heterocycles. The van der Waals surface area contributed by atoms with E-state index in [0.717, 1.165) is 30.8 Å². The van der Waals surface area contributed by atoms with E-state index >= 15 is 0 Å². The Labute approximate surface area is 152 Å². The molecule has 5 nitrogen and oxygen atoms in total. The Kier molecular flexibility index (Phi) is 4.44. The van der Waals surface area contributed by atoms with Crippen LogP contribution in [0.5, 0.6) is 5.75 Å². The van der Waals surface area contributed by atoms with Crippen LogP contribution in [-0.4, -0.2) is 23.7 Å². The average Bonchev–Trinajstić information content (AvgIpc) is 3.31. The van der Waals surface area contributed by atoms with Crippen LogP contribution >= 0.6 is 0 Å². The lowest BCUT2D eigenvalue weighted by molar-refractivity contribution is 0.0931. The van der Waals surface area contributed by atoms with Gasteiger partial charge in [-0.2, -0.15) is 0 Å². The van der Waals surface area contributed by atoms with E-state index in [0.29, 0.717) is 5.76 Å². The molecule has 132 valence electrons. The monoisotopic (exact) mass is 348 g/mol. The van der Waals surface area contributed by atoms with Crippen molar-refractivity contribution in [3.05, 3.63) is 71.4 Å². The Morgan fingerprint density at radius 2 is 2.04 bits per heavy atom. The van der Waals surface area contributed by atoms with Gasteiger partial charge in [-0.15, -0.1) is 0 Å². The van der Waals surface area contributed by atoms with E-state index in [4.69, 9.17) is 9.26 Å². The molecule has 1 N–H and O–H groups in total. The number of amides is 1. The highest BCUT2D eigenvalue weighted by molar-refractivity contribution is 5.93. The van der Waals surface area contributed by atoms with Crippen LogP contribution in [0.2, 0.25) is 0 Å². The van der Waals surface area contributed by atoms with E-state index in [1.807, 2.05) is 43.3 Å². The van der Waals surface area contributed by atoms with E-state index in [9.17, 15) is 4.79 Å². The van der Waals surface area contributed by atoms with Gasteiger partial charge in [0.1, 0.15) is 5.75 Å². The van der Waals surface area contributed by atoms with Gasteiger partial charge in [0.2, 0.25) is 0 Å². The number of benzene rings is 2. The second kappa shape index (κ2) is 7.04. The highest BCUT2D eigenvalue weighted by atomic mass is 16.5. The Bertz CT molecular complexity index is 918. The maximum Gasteiger partial charge on any atom is 0.273 e. The zero-order valence-electron chi connectivity index (χ0n) is 14.6. The zero-order chi connectivity index (χ0) is 17.9. The van der Waals surface area contributed by atoms with Gasteiger partial charge >= 0.3 is 0 Å². The summed E-state index contributed by atoms with van der Waals surface area (Å²) >= 11 is 0. The third-order valence-electron chi connectivity index (χ3n) is 4.47. The van der Waals surface area contributed by atoms with Crippen LogP contribution in [0.25, 0.3) is 11.3 Å². The Hall–Kier alpha value is -3.08. The number of aromatic nitrogens is 1. The molecule has 3 aromatic rings. The summed E-state index contributed by atoms with van der Waals surface area (Å²) in [6, 6.07) is 17.5. The molecule has 0 saturated carbocycles. The van der Waals surface area contributed by atoms with Gasteiger partial charge in [-0.25, -0.2) is 0 Å². The summed E-state index contributed by atoms with van der Waals surface area (Å²) in [5, 5.41) is 6.88. The number of ether oxygens (including phenoxy) is 1. The summed E-state index contributed by atoms with van der Waals surface area (Å²) in [7, 11) is 0. The summed E-state index contributed by atoms with van der Waals surface area (Å²) in [4.78, 5) is 12.4. The summed E-state index contributed by atoms with van der Waals surface area (Å²) in [5.74, 6) is 1.33. The van der Waals surface area contributed by atoms with E-state index < -0.39 is 0 Å². The van der Waals surface area contributed by atoms with Crippen LogP contribution in [0.4, 0.5) is 0 Å². The molecule has 0 fully saturated rings. The number of hydrogen-bond acceptors (Lipinski definition) is 4. The van der Waals surface area contributed by atoms with Crippen molar-refractivity contribution in [2.24, 2.45) is 0 Å². The molecule has 5 heteroatoms. The van der Waals surface area contributed by atoms with Crippen molar-refractivity contribution >= 4 is 5.91 Å². The van der Waals surface area contributed by atoms with Gasteiger partial charge in [0.15, 0.2) is 11.5 Å². The summed E-state index contributed by atoms with van der Waals surface area (Å²) in [6.45, 7) is 2.74. The molecule has 0 bridgehead atoms. The molecule has 2 aromatic carbocycles. The van der Waals surface area contributed by atoms with Crippen LogP contribution in [0, 0.1) is 0 Å². The molecular formula is C21H20N2O3. The predicted molar refractivity (Wildman–Crippen MR) is 98.2 cm³/mol. The first-order valence-electron chi connectivity index (χ1n) is 8.76. The summed E-state index contributed by atoms with van der Waals surface area (Å²) in [5.41, 5.74) is 3.61. The smallest absolute Gasteiger partial charge is 0.273 e. The van der Waals surface area contributed by atoms with E-state index in [2.05, 4.69) is 22.6 Å².